The second-order valence-corrected chi connectivity index (χ2v) is 7.36. The van der Waals surface area contributed by atoms with Gasteiger partial charge in [0, 0.05) is 15.6 Å². The molecule has 0 bridgehead atoms. The number of ether oxygens (including phenoxy) is 2. The quantitative estimate of drug-likeness (QED) is 0.345. The first kappa shape index (κ1) is 22.0. The predicted octanol–water partition coefficient (Wildman–Crippen LogP) is 6.00. The van der Waals surface area contributed by atoms with E-state index in [1.807, 2.05) is 18.2 Å². The first-order valence-electron chi connectivity index (χ1n) is 8.80. The van der Waals surface area contributed by atoms with Crippen molar-refractivity contribution < 1.29 is 14.3 Å². The van der Waals surface area contributed by atoms with Crippen LogP contribution in [-0.4, -0.2) is 19.2 Å². The van der Waals surface area contributed by atoms with Crippen molar-refractivity contribution in [2.24, 2.45) is 5.10 Å². The first-order valence-corrected chi connectivity index (χ1v) is 9.94. The van der Waals surface area contributed by atoms with Crippen molar-refractivity contribution in [3.8, 4) is 11.5 Å². The normalized spacial score (nSPS) is 10.8. The number of methoxy groups -OCH3 is 1. The van der Waals surface area contributed by atoms with E-state index in [0.29, 0.717) is 27.1 Å². The van der Waals surface area contributed by atoms with Crippen molar-refractivity contribution in [2.45, 2.75) is 6.61 Å². The van der Waals surface area contributed by atoms with Crippen LogP contribution in [0.2, 0.25) is 15.1 Å². The molecule has 0 saturated carbocycles. The monoisotopic (exact) mass is 462 g/mol. The van der Waals surface area contributed by atoms with Gasteiger partial charge in [-0.3, -0.25) is 4.79 Å². The SMILES string of the molecule is COc1ccc(/C=N\NC(=O)c2ccc(Cl)cc2Cl)cc1OCc1ccccc1Cl. The highest BCUT2D eigenvalue weighted by atomic mass is 35.5. The van der Waals surface area contributed by atoms with Crippen molar-refractivity contribution in [3.63, 3.8) is 0 Å². The molecule has 0 aliphatic rings. The first-order chi connectivity index (χ1) is 14.5. The van der Waals surface area contributed by atoms with Crippen LogP contribution in [0.1, 0.15) is 21.5 Å². The van der Waals surface area contributed by atoms with Gasteiger partial charge in [-0.1, -0.05) is 53.0 Å². The Morgan fingerprint density at radius 1 is 1.00 bits per heavy atom. The number of amides is 1. The van der Waals surface area contributed by atoms with Crippen molar-refractivity contribution in [3.05, 3.63) is 92.4 Å². The molecule has 30 heavy (non-hydrogen) atoms. The topological polar surface area (TPSA) is 59.9 Å². The fourth-order valence-electron chi connectivity index (χ4n) is 2.56. The smallest absolute Gasteiger partial charge is 0.272 e. The van der Waals surface area contributed by atoms with Gasteiger partial charge in [0.25, 0.3) is 5.91 Å². The van der Waals surface area contributed by atoms with Gasteiger partial charge in [-0.25, -0.2) is 5.43 Å². The molecule has 3 rings (SSSR count). The maximum Gasteiger partial charge on any atom is 0.272 e. The number of nitrogens with one attached hydrogen (secondary N) is 1. The van der Waals surface area contributed by atoms with Crippen LogP contribution >= 0.6 is 34.8 Å². The van der Waals surface area contributed by atoms with Gasteiger partial charge in [-0.15, -0.1) is 0 Å². The summed E-state index contributed by atoms with van der Waals surface area (Å²) in [6.45, 7) is 0.280. The molecule has 8 heteroatoms. The molecule has 1 N–H and O–H groups in total. The van der Waals surface area contributed by atoms with Crippen LogP contribution in [0.5, 0.6) is 11.5 Å². The Labute approximate surface area is 189 Å². The molecule has 0 aliphatic heterocycles. The van der Waals surface area contributed by atoms with E-state index in [1.165, 1.54) is 18.3 Å². The summed E-state index contributed by atoms with van der Waals surface area (Å²) in [5.41, 5.74) is 4.26. The largest absolute Gasteiger partial charge is 0.493 e. The minimum atomic E-state index is -0.448. The highest BCUT2D eigenvalue weighted by molar-refractivity contribution is 6.36. The van der Waals surface area contributed by atoms with E-state index >= 15 is 0 Å². The average molecular weight is 464 g/mol. The summed E-state index contributed by atoms with van der Waals surface area (Å²) in [4.78, 5) is 12.2. The number of carbonyl (C=O) groups is 1. The third kappa shape index (κ3) is 5.66. The summed E-state index contributed by atoms with van der Waals surface area (Å²) >= 11 is 18.1. The van der Waals surface area contributed by atoms with Gasteiger partial charge in [-0.05, 0) is 48.0 Å². The average Bonchev–Trinajstić information content (AvgIpc) is 2.73. The third-order valence-electron chi connectivity index (χ3n) is 4.08. The minimum absolute atomic E-state index is 0.245. The van der Waals surface area contributed by atoms with Crippen LogP contribution in [0.15, 0.2) is 65.8 Å². The Kier molecular flexibility index (Phi) is 7.57. The summed E-state index contributed by atoms with van der Waals surface area (Å²) in [7, 11) is 1.56. The fraction of sp³-hybridized carbons (Fsp3) is 0.0909. The van der Waals surface area contributed by atoms with Crippen LogP contribution in [0.4, 0.5) is 0 Å². The van der Waals surface area contributed by atoms with E-state index in [1.54, 1.807) is 37.4 Å². The van der Waals surface area contributed by atoms with Gasteiger partial charge in [0.15, 0.2) is 11.5 Å². The molecule has 1 amide bonds. The maximum atomic E-state index is 12.2. The summed E-state index contributed by atoms with van der Waals surface area (Å²) < 4.78 is 11.2. The van der Waals surface area contributed by atoms with E-state index in [4.69, 9.17) is 44.3 Å². The van der Waals surface area contributed by atoms with Gasteiger partial charge < -0.3 is 9.47 Å². The molecule has 3 aromatic rings. The Bertz CT molecular complexity index is 1090. The number of hydrazone groups is 1. The fourth-order valence-corrected chi connectivity index (χ4v) is 3.24. The van der Waals surface area contributed by atoms with Gasteiger partial charge in [0.1, 0.15) is 6.61 Å². The van der Waals surface area contributed by atoms with Crippen LogP contribution in [0, 0.1) is 0 Å². The van der Waals surface area contributed by atoms with Crippen LogP contribution in [0.3, 0.4) is 0 Å². The molecule has 0 radical (unpaired) electrons. The van der Waals surface area contributed by atoms with Crippen LogP contribution in [0.25, 0.3) is 0 Å². The van der Waals surface area contributed by atoms with Crippen LogP contribution < -0.4 is 14.9 Å². The van der Waals surface area contributed by atoms with Gasteiger partial charge >= 0.3 is 0 Å². The highest BCUT2D eigenvalue weighted by Gasteiger charge is 2.10. The number of hydrogen-bond acceptors (Lipinski definition) is 4. The molecule has 0 heterocycles. The molecule has 154 valence electrons. The lowest BCUT2D eigenvalue weighted by Crippen LogP contribution is -2.18. The number of nitrogens with zero attached hydrogens (tertiary/aromatic N) is 1. The zero-order valence-electron chi connectivity index (χ0n) is 15.9. The Morgan fingerprint density at radius 3 is 2.53 bits per heavy atom. The zero-order valence-corrected chi connectivity index (χ0v) is 18.1. The number of halogens is 3. The van der Waals surface area contributed by atoms with E-state index in [9.17, 15) is 4.79 Å². The molecule has 5 nitrogen and oxygen atoms in total. The predicted molar refractivity (Wildman–Crippen MR) is 120 cm³/mol. The molecule has 0 spiro atoms. The molecule has 0 aliphatic carbocycles. The van der Waals surface area contributed by atoms with E-state index in [-0.39, 0.29) is 17.2 Å². The van der Waals surface area contributed by atoms with E-state index in [2.05, 4.69) is 10.5 Å². The van der Waals surface area contributed by atoms with Crippen molar-refractivity contribution >= 4 is 46.9 Å². The molecular weight excluding hydrogens is 447 g/mol. The summed E-state index contributed by atoms with van der Waals surface area (Å²) in [6.07, 6.45) is 1.49. The molecule has 0 unspecified atom stereocenters. The zero-order chi connectivity index (χ0) is 21.5. The van der Waals surface area contributed by atoms with Crippen molar-refractivity contribution in [2.75, 3.05) is 7.11 Å². The van der Waals surface area contributed by atoms with Gasteiger partial charge in [0.2, 0.25) is 0 Å². The van der Waals surface area contributed by atoms with Crippen molar-refractivity contribution in [1.82, 2.24) is 5.43 Å². The lowest BCUT2D eigenvalue weighted by molar-refractivity contribution is 0.0955. The van der Waals surface area contributed by atoms with Crippen LogP contribution in [-0.2, 0) is 6.61 Å². The molecular formula is C22H17Cl3N2O3. The number of benzene rings is 3. The van der Waals surface area contributed by atoms with E-state index in [0.717, 1.165) is 5.56 Å². The summed E-state index contributed by atoms with van der Waals surface area (Å²) in [5, 5.41) is 5.29. The number of hydrogen-bond donors (Lipinski definition) is 1. The number of carbonyl (C=O) groups excluding carboxylic acids is 1. The number of rotatable bonds is 7. The molecule has 0 saturated heterocycles. The Morgan fingerprint density at radius 2 is 1.80 bits per heavy atom. The Hall–Kier alpha value is -2.73. The lowest BCUT2D eigenvalue weighted by atomic mass is 10.2. The summed E-state index contributed by atoms with van der Waals surface area (Å²) in [6, 6.07) is 17.3. The van der Waals surface area contributed by atoms with E-state index < -0.39 is 5.91 Å². The molecule has 0 atom stereocenters. The summed E-state index contributed by atoms with van der Waals surface area (Å²) in [5.74, 6) is 0.640. The lowest BCUT2D eigenvalue weighted by Gasteiger charge is -2.12. The third-order valence-corrected chi connectivity index (χ3v) is 5.00. The minimum Gasteiger partial charge on any atom is -0.493 e. The molecule has 0 aromatic heterocycles. The highest BCUT2D eigenvalue weighted by Crippen LogP contribution is 2.29. The van der Waals surface area contributed by atoms with Gasteiger partial charge in [0.05, 0.1) is 23.9 Å². The van der Waals surface area contributed by atoms with Gasteiger partial charge in [-0.2, -0.15) is 5.10 Å². The maximum absolute atomic E-state index is 12.2. The van der Waals surface area contributed by atoms with Crippen molar-refractivity contribution in [1.29, 1.82) is 0 Å². The standard InChI is InChI=1S/C22H17Cl3N2O3/c1-29-20-9-6-14(10-21(20)30-13-15-4-2-3-5-18(15)24)12-26-27-22(28)17-8-7-16(23)11-19(17)25/h2-12H,13H2,1H3,(H,27,28)/b26-12-. The molecule has 3 aromatic carbocycles. The molecule has 0 fully saturated rings. The Balaban J connectivity index is 1.69. The second kappa shape index (κ2) is 10.3. The second-order valence-electron chi connectivity index (χ2n) is 6.11.